The second kappa shape index (κ2) is 5.56. The number of hydrogen-bond donors (Lipinski definition) is 1. The number of hydrogen-bond acceptors (Lipinski definition) is 3. The van der Waals surface area contributed by atoms with Gasteiger partial charge in [-0.25, -0.2) is 0 Å². The van der Waals surface area contributed by atoms with Crippen LogP contribution in [0.2, 0.25) is 0 Å². The van der Waals surface area contributed by atoms with Crippen molar-refractivity contribution in [2.24, 2.45) is 0 Å². The average Bonchev–Trinajstić information content (AvgIpc) is 2.25. The van der Waals surface area contributed by atoms with Crippen LogP contribution in [-0.2, 0) is 4.79 Å². The van der Waals surface area contributed by atoms with Crippen molar-refractivity contribution in [3.8, 4) is 11.5 Å². The third-order valence-electron chi connectivity index (χ3n) is 1.99. The second-order valence-electron chi connectivity index (χ2n) is 3.34. The Hall–Kier alpha value is -1.72. The average molecular weight is 248 g/mol. The molecule has 1 N–H and O–H groups in total. The zero-order valence-electron chi connectivity index (χ0n) is 8.83. The summed E-state index contributed by atoms with van der Waals surface area (Å²) in [5.41, 5.74) is 0. The largest absolute Gasteiger partial charge is 0.504 e. The Morgan fingerprint density at radius 1 is 1.29 bits per heavy atom. The fourth-order valence-electron chi connectivity index (χ4n) is 1.14. The molecule has 0 aliphatic carbocycles. The number of halogens is 3. The molecule has 0 fully saturated rings. The highest BCUT2D eigenvalue weighted by molar-refractivity contribution is 5.83. The minimum atomic E-state index is -4.78. The van der Waals surface area contributed by atoms with Crippen LogP contribution in [0.1, 0.15) is 12.8 Å². The van der Waals surface area contributed by atoms with E-state index in [1.165, 1.54) is 12.1 Å². The summed E-state index contributed by atoms with van der Waals surface area (Å²) in [6, 6.07) is 6.10. The third kappa shape index (κ3) is 4.34. The maximum atomic E-state index is 11.8. The molecule has 0 saturated heterocycles. The minimum Gasteiger partial charge on any atom is -0.504 e. The van der Waals surface area contributed by atoms with Crippen LogP contribution in [0.4, 0.5) is 13.2 Å². The topological polar surface area (TPSA) is 46.5 Å². The van der Waals surface area contributed by atoms with Crippen molar-refractivity contribution >= 4 is 5.78 Å². The molecule has 6 heteroatoms. The molecule has 0 amide bonds. The molecule has 0 unspecified atom stereocenters. The van der Waals surface area contributed by atoms with Crippen LogP contribution in [0.25, 0.3) is 0 Å². The highest BCUT2D eigenvalue weighted by Crippen LogP contribution is 2.24. The molecule has 1 aromatic carbocycles. The number of ketones is 1. The van der Waals surface area contributed by atoms with Crippen molar-refractivity contribution in [2.75, 3.05) is 6.61 Å². The van der Waals surface area contributed by atoms with Crippen molar-refractivity contribution in [3.05, 3.63) is 24.3 Å². The zero-order valence-corrected chi connectivity index (χ0v) is 8.83. The first-order chi connectivity index (χ1) is 7.91. The third-order valence-corrected chi connectivity index (χ3v) is 1.99. The number of aromatic hydroxyl groups is 1. The first-order valence-corrected chi connectivity index (χ1v) is 4.92. The molecule has 0 atom stereocenters. The summed E-state index contributed by atoms with van der Waals surface area (Å²) >= 11 is 0. The van der Waals surface area contributed by atoms with E-state index in [1.54, 1.807) is 12.1 Å². The van der Waals surface area contributed by atoms with Gasteiger partial charge in [0.05, 0.1) is 6.61 Å². The SMILES string of the molecule is O=C(CCCOc1ccccc1O)C(F)(F)F. The molecule has 94 valence electrons. The van der Waals surface area contributed by atoms with Crippen molar-refractivity contribution in [1.82, 2.24) is 0 Å². The summed E-state index contributed by atoms with van der Waals surface area (Å²) < 4.78 is 40.5. The Morgan fingerprint density at radius 2 is 1.94 bits per heavy atom. The number of ether oxygens (including phenoxy) is 1. The van der Waals surface area contributed by atoms with Gasteiger partial charge in [0.15, 0.2) is 11.5 Å². The predicted molar refractivity (Wildman–Crippen MR) is 53.9 cm³/mol. The van der Waals surface area contributed by atoms with E-state index in [9.17, 15) is 23.1 Å². The van der Waals surface area contributed by atoms with Gasteiger partial charge in [-0.2, -0.15) is 13.2 Å². The Labute approximate surface area is 95.8 Å². The molecule has 0 spiro atoms. The lowest BCUT2D eigenvalue weighted by Gasteiger charge is -2.08. The van der Waals surface area contributed by atoms with Gasteiger partial charge in [0, 0.05) is 6.42 Å². The highest BCUT2D eigenvalue weighted by Gasteiger charge is 2.37. The van der Waals surface area contributed by atoms with E-state index in [4.69, 9.17) is 4.74 Å². The Bertz CT molecular complexity index is 388. The van der Waals surface area contributed by atoms with E-state index in [0.29, 0.717) is 0 Å². The van der Waals surface area contributed by atoms with Crippen LogP contribution in [0.15, 0.2) is 24.3 Å². The van der Waals surface area contributed by atoms with E-state index < -0.39 is 18.4 Å². The number of Topliss-reactive ketones (excluding diaryl/α,β-unsaturated/α-hetero) is 1. The van der Waals surface area contributed by atoms with Gasteiger partial charge in [-0.15, -0.1) is 0 Å². The van der Waals surface area contributed by atoms with Crippen LogP contribution >= 0.6 is 0 Å². The molecular formula is C11H11F3O3. The standard InChI is InChI=1S/C11H11F3O3/c12-11(13,14)10(16)6-3-7-17-9-5-2-1-4-8(9)15/h1-2,4-5,15H,3,6-7H2. The van der Waals surface area contributed by atoms with Crippen molar-refractivity contribution in [1.29, 1.82) is 0 Å². The number of alkyl halides is 3. The molecule has 0 bridgehead atoms. The fourth-order valence-corrected chi connectivity index (χ4v) is 1.14. The number of phenolic OH excluding ortho intramolecular Hbond substituents is 1. The number of rotatable bonds is 5. The monoisotopic (exact) mass is 248 g/mol. The second-order valence-corrected chi connectivity index (χ2v) is 3.34. The maximum absolute atomic E-state index is 11.8. The summed E-state index contributed by atoms with van der Waals surface area (Å²) in [5.74, 6) is -1.67. The number of carbonyl (C=O) groups excluding carboxylic acids is 1. The number of benzene rings is 1. The van der Waals surface area contributed by atoms with Crippen LogP contribution in [0.3, 0.4) is 0 Å². The summed E-state index contributed by atoms with van der Waals surface area (Å²) in [6.45, 7) is -0.0562. The molecule has 0 aliphatic rings. The van der Waals surface area contributed by atoms with Gasteiger partial charge < -0.3 is 9.84 Å². The quantitative estimate of drug-likeness (QED) is 0.815. The molecule has 3 nitrogen and oxygen atoms in total. The lowest BCUT2D eigenvalue weighted by Crippen LogP contribution is -2.22. The van der Waals surface area contributed by atoms with Gasteiger partial charge in [0.1, 0.15) is 0 Å². The molecule has 1 aromatic rings. The van der Waals surface area contributed by atoms with Gasteiger partial charge in [-0.3, -0.25) is 4.79 Å². The fraction of sp³-hybridized carbons (Fsp3) is 0.364. The van der Waals surface area contributed by atoms with Gasteiger partial charge in [0.25, 0.3) is 0 Å². The summed E-state index contributed by atoms with van der Waals surface area (Å²) in [4.78, 5) is 10.5. The van der Waals surface area contributed by atoms with Crippen LogP contribution in [-0.4, -0.2) is 23.7 Å². The van der Waals surface area contributed by atoms with Crippen molar-refractivity contribution in [3.63, 3.8) is 0 Å². The first-order valence-electron chi connectivity index (χ1n) is 4.92. The molecule has 0 radical (unpaired) electrons. The summed E-state index contributed by atoms with van der Waals surface area (Å²) in [6.07, 6.45) is -5.45. The van der Waals surface area contributed by atoms with E-state index in [-0.39, 0.29) is 24.5 Å². The highest BCUT2D eigenvalue weighted by atomic mass is 19.4. The first kappa shape index (κ1) is 13.3. The number of carbonyl (C=O) groups is 1. The van der Waals surface area contributed by atoms with Crippen LogP contribution in [0, 0.1) is 0 Å². The maximum Gasteiger partial charge on any atom is 0.449 e. The number of para-hydroxylation sites is 2. The van der Waals surface area contributed by atoms with Gasteiger partial charge in [-0.05, 0) is 18.6 Å². The Kier molecular flexibility index (Phi) is 4.37. The normalized spacial score (nSPS) is 11.2. The summed E-state index contributed by atoms with van der Waals surface area (Å²) in [7, 11) is 0. The Balaban J connectivity index is 2.30. The lowest BCUT2D eigenvalue weighted by molar-refractivity contribution is -0.171. The molecule has 17 heavy (non-hydrogen) atoms. The molecular weight excluding hydrogens is 237 g/mol. The van der Waals surface area contributed by atoms with Gasteiger partial charge in [-0.1, -0.05) is 12.1 Å². The number of phenols is 1. The molecule has 0 heterocycles. The smallest absolute Gasteiger partial charge is 0.449 e. The molecule has 0 aromatic heterocycles. The molecule has 0 saturated carbocycles. The minimum absolute atomic E-state index is 0.0489. The molecule has 0 aliphatic heterocycles. The van der Waals surface area contributed by atoms with Crippen molar-refractivity contribution < 1.29 is 27.8 Å². The zero-order chi connectivity index (χ0) is 12.9. The van der Waals surface area contributed by atoms with Gasteiger partial charge in [0.2, 0.25) is 5.78 Å². The predicted octanol–water partition coefficient (Wildman–Crippen LogP) is 2.68. The Morgan fingerprint density at radius 3 is 2.53 bits per heavy atom. The van der Waals surface area contributed by atoms with Crippen LogP contribution < -0.4 is 4.74 Å². The van der Waals surface area contributed by atoms with E-state index in [2.05, 4.69) is 0 Å². The van der Waals surface area contributed by atoms with E-state index in [0.717, 1.165) is 0 Å². The van der Waals surface area contributed by atoms with E-state index in [1.807, 2.05) is 0 Å². The summed E-state index contributed by atoms with van der Waals surface area (Å²) in [5, 5.41) is 9.28. The van der Waals surface area contributed by atoms with Crippen LogP contribution in [0.5, 0.6) is 11.5 Å². The lowest BCUT2D eigenvalue weighted by atomic mass is 10.2. The molecule has 1 rings (SSSR count). The van der Waals surface area contributed by atoms with E-state index >= 15 is 0 Å². The van der Waals surface area contributed by atoms with Gasteiger partial charge >= 0.3 is 6.18 Å². The van der Waals surface area contributed by atoms with Crippen molar-refractivity contribution in [2.45, 2.75) is 19.0 Å².